The van der Waals surface area contributed by atoms with Crippen LogP contribution in [0.3, 0.4) is 0 Å². The van der Waals surface area contributed by atoms with Gasteiger partial charge in [0.2, 0.25) is 5.91 Å². The van der Waals surface area contributed by atoms with Crippen molar-refractivity contribution < 1.29 is 19.2 Å². The molecule has 0 radical (unpaired) electrons. The number of ether oxygens (including phenoxy) is 1. The van der Waals surface area contributed by atoms with Crippen molar-refractivity contribution in [3.63, 3.8) is 0 Å². The topological polar surface area (TPSA) is 111 Å². The average molecular weight is 349 g/mol. The lowest BCUT2D eigenvalue weighted by atomic mass is 10.1. The maximum absolute atomic E-state index is 12.0. The third kappa shape index (κ3) is 4.53. The van der Waals surface area contributed by atoms with Crippen LogP contribution in [0.15, 0.2) is 35.7 Å². The molecule has 0 atom stereocenters. The van der Waals surface area contributed by atoms with E-state index in [1.807, 2.05) is 17.5 Å². The predicted molar refractivity (Wildman–Crippen MR) is 88.1 cm³/mol. The molecule has 126 valence electrons. The predicted octanol–water partition coefficient (Wildman–Crippen LogP) is 1.71. The van der Waals surface area contributed by atoms with Crippen LogP contribution in [0.2, 0.25) is 0 Å². The van der Waals surface area contributed by atoms with Crippen molar-refractivity contribution in [3.8, 4) is 5.75 Å². The zero-order valence-corrected chi connectivity index (χ0v) is 13.6. The van der Waals surface area contributed by atoms with Gasteiger partial charge < -0.3 is 15.4 Å². The largest absolute Gasteiger partial charge is 0.490 e. The van der Waals surface area contributed by atoms with E-state index in [0.29, 0.717) is 6.54 Å². The van der Waals surface area contributed by atoms with Gasteiger partial charge in [0, 0.05) is 16.5 Å². The van der Waals surface area contributed by atoms with Crippen molar-refractivity contribution in [2.24, 2.45) is 0 Å². The number of nitrogens with one attached hydrogen (secondary N) is 2. The third-order valence-corrected chi connectivity index (χ3v) is 3.96. The molecule has 2 rings (SSSR count). The summed E-state index contributed by atoms with van der Waals surface area (Å²) in [5, 5.41) is 17.9. The first-order chi connectivity index (χ1) is 11.5. The summed E-state index contributed by atoms with van der Waals surface area (Å²) in [4.78, 5) is 35.0. The van der Waals surface area contributed by atoms with Crippen LogP contribution < -0.4 is 15.4 Å². The van der Waals surface area contributed by atoms with Crippen LogP contribution in [-0.2, 0) is 11.3 Å². The molecule has 0 aliphatic rings. The van der Waals surface area contributed by atoms with Crippen LogP contribution in [0.4, 0.5) is 5.69 Å². The Morgan fingerprint density at radius 1 is 1.29 bits per heavy atom. The fourth-order valence-corrected chi connectivity index (χ4v) is 2.54. The molecule has 0 saturated carbocycles. The van der Waals surface area contributed by atoms with Gasteiger partial charge in [-0.05, 0) is 23.6 Å². The van der Waals surface area contributed by atoms with E-state index in [1.165, 1.54) is 30.6 Å². The first-order valence-corrected chi connectivity index (χ1v) is 7.79. The summed E-state index contributed by atoms with van der Waals surface area (Å²) in [5.41, 5.74) is -0.235. The Kier molecular flexibility index (Phi) is 5.85. The number of nitro benzene ring substituents is 1. The van der Waals surface area contributed by atoms with Crippen molar-refractivity contribution in [2.75, 3.05) is 13.7 Å². The number of benzene rings is 1. The second kappa shape index (κ2) is 8.06. The number of methoxy groups -OCH3 is 1. The van der Waals surface area contributed by atoms with Gasteiger partial charge in [0.15, 0.2) is 5.75 Å². The lowest BCUT2D eigenvalue weighted by Gasteiger charge is -2.07. The number of thiophene rings is 1. The highest BCUT2D eigenvalue weighted by Gasteiger charge is 2.18. The molecule has 0 spiro atoms. The van der Waals surface area contributed by atoms with Gasteiger partial charge in [-0.3, -0.25) is 19.7 Å². The number of nitro groups is 1. The summed E-state index contributed by atoms with van der Waals surface area (Å²) in [6.45, 7) is 0.171. The fraction of sp³-hybridized carbons (Fsp3) is 0.200. The van der Waals surface area contributed by atoms with Crippen LogP contribution in [0, 0.1) is 10.1 Å². The standard InChI is InChI=1S/C15H15N3O5S/c1-23-13-5-4-10(7-12(13)18(21)22)15(20)17-9-14(19)16-8-11-3-2-6-24-11/h2-7H,8-9H2,1H3,(H,16,19)(H,17,20). The molecule has 0 aliphatic heterocycles. The lowest BCUT2D eigenvalue weighted by Crippen LogP contribution is -2.36. The Balaban J connectivity index is 1.91. The van der Waals surface area contributed by atoms with Gasteiger partial charge in [-0.2, -0.15) is 0 Å². The van der Waals surface area contributed by atoms with Gasteiger partial charge >= 0.3 is 5.69 Å². The monoisotopic (exact) mass is 349 g/mol. The Hall–Kier alpha value is -2.94. The van der Waals surface area contributed by atoms with Gasteiger partial charge in [-0.15, -0.1) is 11.3 Å². The molecule has 2 amide bonds. The molecule has 0 aliphatic carbocycles. The number of carbonyl (C=O) groups excluding carboxylic acids is 2. The van der Waals surface area contributed by atoms with E-state index in [0.717, 1.165) is 10.9 Å². The normalized spacial score (nSPS) is 10.0. The molecule has 8 nitrogen and oxygen atoms in total. The maximum Gasteiger partial charge on any atom is 0.311 e. The Morgan fingerprint density at radius 2 is 2.08 bits per heavy atom. The quantitative estimate of drug-likeness (QED) is 0.584. The number of hydrogen-bond acceptors (Lipinski definition) is 6. The molecule has 24 heavy (non-hydrogen) atoms. The van der Waals surface area contributed by atoms with Gasteiger partial charge in [-0.25, -0.2) is 0 Å². The minimum Gasteiger partial charge on any atom is -0.490 e. The fourth-order valence-electron chi connectivity index (χ4n) is 1.90. The van der Waals surface area contributed by atoms with E-state index in [1.54, 1.807) is 0 Å². The summed E-state index contributed by atoms with van der Waals surface area (Å²) in [6.07, 6.45) is 0. The van der Waals surface area contributed by atoms with Crippen molar-refractivity contribution in [3.05, 3.63) is 56.3 Å². The Labute approximate surface area is 141 Å². The minimum atomic E-state index is -0.636. The van der Waals surface area contributed by atoms with E-state index in [2.05, 4.69) is 10.6 Å². The number of carbonyl (C=O) groups is 2. The first-order valence-electron chi connectivity index (χ1n) is 6.91. The number of hydrogen-bond donors (Lipinski definition) is 2. The van der Waals surface area contributed by atoms with E-state index in [4.69, 9.17) is 4.74 Å². The third-order valence-electron chi connectivity index (χ3n) is 3.09. The molecular weight excluding hydrogens is 334 g/mol. The molecule has 1 heterocycles. The molecule has 0 bridgehead atoms. The molecule has 9 heteroatoms. The molecule has 2 N–H and O–H groups in total. The molecule has 1 aromatic carbocycles. The SMILES string of the molecule is COc1ccc(C(=O)NCC(=O)NCc2cccs2)cc1[N+](=O)[O-]. The summed E-state index contributed by atoms with van der Waals surface area (Å²) < 4.78 is 4.87. The molecule has 1 aromatic heterocycles. The Morgan fingerprint density at radius 3 is 2.71 bits per heavy atom. The molecule has 0 unspecified atom stereocenters. The lowest BCUT2D eigenvalue weighted by molar-refractivity contribution is -0.385. The van der Waals surface area contributed by atoms with Crippen molar-refractivity contribution >= 4 is 28.8 Å². The van der Waals surface area contributed by atoms with Gasteiger partial charge in [0.1, 0.15) is 0 Å². The molecule has 0 fully saturated rings. The molecular formula is C15H15N3O5S. The van der Waals surface area contributed by atoms with Gasteiger partial charge in [-0.1, -0.05) is 6.07 Å². The van der Waals surface area contributed by atoms with Crippen molar-refractivity contribution in [1.82, 2.24) is 10.6 Å². The van der Waals surface area contributed by atoms with E-state index in [9.17, 15) is 19.7 Å². The van der Waals surface area contributed by atoms with Crippen molar-refractivity contribution in [1.29, 1.82) is 0 Å². The van der Waals surface area contributed by atoms with Crippen LogP contribution in [0.1, 0.15) is 15.2 Å². The second-order valence-electron chi connectivity index (χ2n) is 4.68. The van der Waals surface area contributed by atoms with E-state index in [-0.39, 0.29) is 29.5 Å². The zero-order valence-electron chi connectivity index (χ0n) is 12.8. The smallest absolute Gasteiger partial charge is 0.311 e. The van der Waals surface area contributed by atoms with Crippen LogP contribution in [0.25, 0.3) is 0 Å². The number of nitrogens with zero attached hydrogens (tertiary/aromatic N) is 1. The number of rotatable bonds is 7. The maximum atomic E-state index is 12.0. The minimum absolute atomic E-state index is 0.0604. The van der Waals surface area contributed by atoms with Crippen LogP contribution >= 0.6 is 11.3 Å². The van der Waals surface area contributed by atoms with E-state index < -0.39 is 10.8 Å². The van der Waals surface area contributed by atoms with Gasteiger partial charge in [0.25, 0.3) is 5.91 Å². The Bertz CT molecular complexity index is 746. The molecule has 0 saturated heterocycles. The first kappa shape index (κ1) is 17.4. The molecule has 2 aromatic rings. The summed E-state index contributed by atoms with van der Waals surface area (Å²) >= 11 is 1.52. The van der Waals surface area contributed by atoms with Crippen molar-refractivity contribution in [2.45, 2.75) is 6.54 Å². The highest BCUT2D eigenvalue weighted by Crippen LogP contribution is 2.27. The van der Waals surface area contributed by atoms with Gasteiger partial charge in [0.05, 0.1) is 25.1 Å². The highest BCUT2D eigenvalue weighted by atomic mass is 32.1. The zero-order chi connectivity index (χ0) is 17.5. The van der Waals surface area contributed by atoms with E-state index >= 15 is 0 Å². The average Bonchev–Trinajstić information content (AvgIpc) is 3.10. The summed E-state index contributed by atoms with van der Waals surface area (Å²) in [5.74, 6) is -0.864. The summed E-state index contributed by atoms with van der Waals surface area (Å²) in [7, 11) is 1.31. The second-order valence-corrected chi connectivity index (χ2v) is 5.71. The number of amides is 2. The van der Waals surface area contributed by atoms with Crippen LogP contribution in [-0.4, -0.2) is 30.4 Å². The summed E-state index contributed by atoms with van der Waals surface area (Å²) in [6, 6.07) is 7.61. The van der Waals surface area contributed by atoms with Crippen LogP contribution in [0.5, 0.6) is 5.75 Å². The highest BCUT2D eigenvalue weighted by molar-refractivity contribution is 7.09.